The maximum absolute atomic E-state index is 12.8. The molecule has 1 atom stereocenters. The number of esters is 1. The van der Waals surface area contributed by atoms with Gasteiger partial charge in [-0.2, -0.15) is 5.26 Å². The summed E-state index contributed by atoms with van der Waals surface area (Å²) in [4.78, 5) is 25.5. The van der Waals surface area contributed by atoms with E-state index in [1.54, 1.807) is 19.1 Å². The second kappa shape index (κ2) is 10.9. The molecule has 34 heavy (non-hydrogen) atoms. The van der Waals surface area contributed by atoms with Gasteiger partial charge in [-0.15, -0.1) is 0 Å². The highest BCUT2D eigenvalue weighted by Crippen LogP contribution is 2.41. The normalized spacial score (nSPS) is 15.4. The first-order valence-corrected chi connectivity index (χ1v) is 11.7. The number of dihydropyridines is 1. The summed E-state index contributed by atoms with van der Waals surface area (Å²) in [5, 5.41) is 16.6. The Morgan fingerprint density at radius 3 is 2.59 bits per heavy atom. The second-order valence-corrected chi connectivity index (χ2v) is 8.95. The molecule has 1 aromatic heterocycles. The van der Waals surface area contributed by atoms with Gasteiger partial charge >= 0.3 is 5.97 Å². The van der Waals surface area contributed by atoms with Gasteiger partial charge in [0.2, 0.25) is 5.91 Å². The molecule has 1 aliphatic heterocycles. The molecular weight excluding hydrogens is 450 g/mol. The maximum atomic E-state index is 12.8. The van der Waals surface area contributed by atoms with Crippen molar-refractivity contribution in [2.24, 2.45) is 0 Å². The molecule has 1 aromatic carbocycles. The first-order chi connectivity index (χ1) is 16.3. The van der Waals surface area contributed by atoms with E-state index in [4.69, 9.17) is 9.15 Å². The van der Waals surface area contributed by atoms with Crippen molar-refractivity contribution in [3.63, 3.8) is 0 Å². The van der Waals surface area contributed by atoms with Crippen LogP contribution in [0, 0.1) is 32.1 Å². The highest BCUT2D eigenvalue weighted by atomic mass is 32.2. The van der Waals surface area contributed by atoms with E-state index >= 15 is 0 Å². The van der Waals surface area contributed by atoms with E-state index in [0.717, 1.165) is 22.4 Å². The Morgan fingerprint density at radius 1 is 1.29 bits per heavy atom. The van der Waals surface area contributed by atoms with E-state index in [9.17, 15) is 14.9 Å². The predicted molar refractivity (Wildman–Crippen MR) is 133 cm³/mol. The van der Waals surface area contributed by atoms with E-state index in [1.807, 2.05) is 32.9 Å². The molecule has 2 aromatic rings. The van der Waals surface area contributed by atoms with Crippen LogP contribution in [0.2, 0.25) is 0 Å². The minimum Gasteiger partial charge on any atom is -0.468 e. The van der Waals surface area contributed by atoms with Crippen LogP contribution in [0.4, 0.5) is 5.69 Å². The number of amides is 1. The Hall–Kier alpha value is -3.70. The Morgan fingerprint density at radius 2 is 2.00 bits per heavy atom. The molecule has 0 saturated heterocycles. The third-order valence-corrected chi connectivity index (χ3v) is 6.33. The smallest absolute Gasteiger partial charge is 0.337 e. The lowest BCUT2D eigenvalue weighted by atomic mass is 9.86. The highest BCUT2D eigenvalue weighted by molar-refractivity contribution is 8.03. The minimum atomic E-state index is -0.745. The van der Waals surface area contributed by atoms with Crippen LogP contribution < -0.4 is 10.6 Å². The van der Waals surface area contributed by atoms with E-state index in [0.29, 0.717) is 16.5 Å². The van der Waals surface area contributed by atoms with Crippen molar-refractivity contribution in [1.82, 2.24) is 5.32 Å². The number of hydrogen-bond donors (Lipinski definition) is 2. The van der Waals surface area contributed by atoms with Crippen LogP contribution in [0.3, 0.4) is 0 Å². The predicted octanol–water partition coefficient (Wildman–Crippen LogP) is 5.00. The molecule has 0 aliphatic carbocycles. The van der Waals surface area contributed by atoms with Gasteiger partial charge in [0.1, 0.15) is 12.4 Å². The molecule has 0 saturated carbocycles. The van der Waals surface area contributed by atoms with Crippen LogP contribution in [-0.2, 0) is 14.3 Å². The Bertz CT molecular complexity index is 1200. The average molecular weight is 478 g/mol. The quantitative estimate of drug-likeness (QED) is 0.407. The molecule has 2 N–H and O–H groups in total. The summed E-state index contributed by atoms with van der Waals surface area (Å²) in [6.45, 7) is 11.3. The van der Waals surface area contributed by atoms with Gasteiger partial charge in [0, 0.05) is 11.4 Å². The molecule has 0 fully saturated rings. The van der Waals surface area contributed by atoms with Gasteiger partial charge in [0.05, 0.1) is 40.2 Å². The van der Waals surface area contributed by atoms with Gasteiger partial charge in [-0.3, -0.25) is 4.79 Å². The lowest BCUT2D eigenvalue weighted by Gasteiger charge is -2.27. The standard InChI is InChI=1S/C26H27N3O4S/c1-6-9-33-26(31)22-18(5)28-25(19(13-27)23(22)20-8-7-10-32-20)34-14-21(30)29-24-16(3)11-15(2)12-17(24)4/h6-8,10-12,23,28H,1,9,14H2,2-5H3,(H,29,30). The van der Waals surface area contributed by atoms with E-state index in [1.165, 1.54) is 24.1 Å². The number of carbonyl (C=O) groups excluding carboxylic acids is 2. The number of thioether (sulfide) groups is 1. The molecule has 0 spiro atoms. The summed E-state index contributed by atoms with van der Waals surface area (Å²) in [5.74, 6) is -0.985. The third-order valence-electron chi connectivity index (χ3n) is 5.32. The SMILES string of the molecule is C=CCOC(=O)C1=C(C)NC(SCC(=O)Nc2c(C)cc(C)cc2C)=C(C#N)C1c1ccco1. The molecule has 2 heterocycles. The molecule has 7 nitrogen and oxygen atoms in total. The van der Waals surface area contributed by atoms with Gasteiger partial charge in [-0.1, -0.05) is 42.1 Å². The number of nitriles is 1. The molecule has 1 aliphatic rings. The summed E-state index contributed by atoms with van der Waals surface area (Å²) in [7, 11) is 0. The topological polar surface area (TPSA) is 104 Å². The number of hydrogen-bond acceptors (Lipinski definition) is 7. The number of nitrogens with one attached hydrogen (secondary N) is 2. The van der Waals surface area contributed by atoms with Crippen LogP contribution in [0.1, 0.15) is 35.3 Å². The number of rotatable bonds is 8. The van der Waals surface area contributed by atoms with Crippen molar-refractivity contribution in [2.75, 3.05) is 17.7 Å². The summed E-state index contributed by atoms with van der Waals surface area (Å²) in [6.07, 6.45) is 2.96. The number of benzene rings is 1. The van der Waals surface area contributed by atoms with E-state index < -0.39 is 11.9 Å². The Labute approximate surface area is 203 Å². The fourth-order valence-corrected chi connectivity index (χ4v) is 4.83. The largest absolute Gasteiger partial charge is 0.468 e. The Balaban J connectivity index is 1.85. The number of carbonyl (C=O) groups is 2. The second-order valence-electron chi connectivity index (χ2n) is 7.96. The Kier molecular flexibility index (Phi) is 8.03. The molecule has 1 unspecified atom stereocenters. The summed E-state index contributed by atoms with van der Waals surface area (Å²) in [5.41, 5.74) is 5.00. The number of ether oxygens (including phenoxy) is 1. The molecular formula is C26H27N3O4S. The number of anilines is 1. The van der Waals surface area contributed by atoms with Gasteiger partial charge in [0.25, 0.3) is 0 Å². The van der Waals surface area contributed by atoms with Gasteiger partial charge in [0.15, 0.2) is 0 Å². The van der Waals surface area contributed by atoms with Crippen LogP contribution in [-0.4, -0.2) is 24.2 Å². The molecule has 176 valence electrons. The zero-order valence-corrected chi connectivity index (χ0v) is 20.5. The molecule has 0 bridgehead atoms. The zero-order chi connectivity index (χ0) is 24.8. The monoisotopic (exact) mass is 477 g/mol. The van der Waals surface area contributed by atoms with Crippen LogP contribution in [0.5, 0.6) is 0 Å². The number of aryl methyl sites for hydroxylation is 3. The molecule has 1 amide bonds. The van der Waals surface area contributed by atoms with Crippen molar-refractivity contribution >= 4 is 29.3 Å². The number of nitrogens with zero attached hydrogens (tertiary/aromatic N) is 1. The fraction of sp³-hybridized carbons (Fsp3) is 0.269. The average Bonchev–Trinajstić information content (AvgIpc) is 3.32. The van der Waals surface area contributed by atoms with E-state index in [2.05, 4.69) is 23.3 Å². The number of furan rings is 1. The van der Waals surface area contributed by atoms with Crippen molar-refractivity contribution in [3.05, 3.63) is 87.5 Å². The lowest BCUT2D eigenvalue weighted by molar-refractivity contribution is -0.138. The third kappa shape index (κ3) is 5.43. The molecule has 0 radical (unpaired) electrons. The highest BCUT2D eigenvalue weighted by Gasteiger charge is 2.37. The first-order valence-electron chi connectivity index (χ1n) is 10.7. The first kappa shape index (κ1) is 24.9. The van der Waals surface area contributed by atoms with Gasteiger partial charge in [-0.25, -0.2) is 4.79 Å². The van der Waals surface area contributed by atoms with Crippen LogP contribution >= 0.6 is 11.8 Å². The van der Waals surface area contributed by atoms with Crippen molar-refractivity contribution in [3.8, 4) is 6.07 Å². The molecule has 8 heteroatoms. The fourth-order valence-electron chi connectivity index (χ4n) is 3.94. The van der Waals surface area contributed by atoms with Crippen molar-refractivity contribution in [2.45, 2.75) is 33.6 Å². The summed E-state index contributed by atoms with van der Waals surface area (Å²) in [6, 6.07) is 9.63. The maximum Gasteiger partial charge on any atom is 0.337 e. The number of allylic oxidation sites excluding steroid dienone is 2. The van der Waals surface area contributed by atoms with Gasteiger partial charge in [-0.05, 0) is 51.0 Å². The van der Waals surface area contributed by atoms with Crippen molar-refractivity contribution in [1.29, 1.82) is 5.26 Å². The van der Waals surface area contributed by atoms with Crippen molar-refractivity contribution < 1.29 is 18.7 Å². The molecule has 3 rings (SSSR count). The van der Waals surface area contributed by atoms with Crippen LogP contribution in [0.25, 0.3) is 0 Å². The lowest BCUT2D eigenvalue weighted by Crippen LogP contribution is -2.29. The summed E-state index contributed by atoms with van der Waals surface area (Å²) < 4.78 is 10.8. The van der Waals surface area contributed by atoms with E-state index in [-0.39, 0.29) is 29.4 Å². The summed E-state index contributed by atoms with van der Waals surface area (Å²) >= 11 is 1.20. The minimum absolute atomic E-state index is 0.0473. The zero-order valence-electron chi connectivity index (χ0n) is 19.7. The van der Waals surface area contributed by atoms with Gasteiger partial charge < -0.3 is 19.8 Å². The van der Waals surface area contributed by atoms with Crippen LogP contribution in [0.15, 0.2) is 69.5 Å².